The summed E-state index contributed by atoms with van der Waals surface area (Å²) in [5.74, 6) is 0.104. The molecule has 1 atom stereocenters. The Morgan fingerprint density at radius 3 is 2.91 bits per heavy atom. The van der Waals surface area contributed by atoms with E-state index in [1.807, 2.05) is 31.0 Å². The zero-order chi connectivity index (χ0) is 15.7. The summed E-state index contributed by atoms with van der Waals surface area (Å²) in [6.45, 7) is 5.60. The number of hydrogen-bond donors (Lipinski definition) is 1. The van der Waals surface area contributed by atoms with Crippen molar-refractivity contribution in [2.75, 3.05) is 20.1 Å². The molecule has 0 bridgehead atoms. The Morgan fingerprint density at radius 1 is 1.32 bits per heavy atom. The lowest BCUT2D eigenvalue weighted by atomic mass is 10.0. The van der Waals surface area contributed by atoms with Crippen molar-refractivity contribution < 1.29 is 4.79 Å². The van der Waals surface area contributed by atoms with Gasteiger partial charge in [-0.3, -0.25) is 9.78 Å². The van der Waals surface area contributed by atoms with E-state index in [0.29, 0.717) is 6.04 Å². The van der Waals surface area contributed by atoms with Gasteiger partial charge in [-0.2, -0.15) is 0 Å². The number of rotatable bonds is 2. The van der Waals surface area contributed by atoms with E-state index in [-0.39, 0.29) is 5.91 Å². The third-order valence-corrected chi connectivity index (χ3v) is 4.51. The van der Waals surface area contributed by atoms with Crippen LogP contribution >= 0.6 is 0 Å². The number of likely N-dealkylation sites (N-methyl/N-ethyl adjacent to an activating group) is 1. The highest BCUT2D eigenvalue weighted by Gasteiger charge is 2.25. The van der Waals surface area contributed by atoms with Gasteiger partial charge in [0.1, 0.15) is 0 Å². The van der Waals surface area contributed by atoms with Crippen LogP contribution in [0.15, 0.2) is 24.3 Å². The van der Waals surface area contributed by atoms with E-state index in [2.05, 4.69) is 29.4 Å². The molecule has 1 N–H and O–H groups in total. The number of benzene rings is 1. The minimum Gasteiger partial charge on any atom is -0.337 e. The first-order valence-corrected chi connectivity index (χ1v) is 7.93. The predicted molar refractivity (Wildman–Crippen MR) is 89.2 cm³/mol. The summed E-state index contributed by atoms with van der Waals surface area (Å²) in [6, 6.07) is 8.55. The molecule has 1 saturated heterocycles. The van der Waals surface area contributed by atoms with Gasteiger partial charge < -0.3 is 10.2 Å². The van der Waals surface area contributed by atoms with E-state index in [0.717, 1.165) is 48.1 Å². The zero-order valence-electron chi connectivity index (χ0n) is 13.5. The van der Waals surface area contributed by atoms with Gasteiger partial charge in [-0.25, -0.2) is 0 Å². The summed E-state index contributed by atoms with van der Waals surface area (Å²) in [4.78, 5) is 19.4. The number of nitrogens with zero attached hydrogens (tertiary/aromatic N) is 2. The van der Waals surface area contributed by atoms with Crippen LogP contribution < -0.4 is 5.32 Å². The first-order chi connectivity index (χ1) is 10.6. The van der Waals surface area contributed by atoms with Crippen molar-refractivity contribution in [3.8, 4) is 0 Å². The lowest BCUT2D eigenvalue weighted by molar-refractivity contribution is 0.0697. The van der Waals surface area contributed by atoms with Gasteiger partial charge in [0.25, 0.3) is 5.91 Å². The lowest BCUT2D eigenvalue weighted by Gasteiger charge is -2.32. The second kappa shape index (κ2) is 6.05. The van der Waals surface area contributed by atoms with Crippen LogP contribution in [0.2, 0.25) is 0 Å². The van der Waals surface area contributed by atoms with Gasteiger partial charge in [-0.05, 0) is 51.4 Å². The summed E-state index contributed by atoms with van der Waals surface area (Å²) in [5, 5.41) is 4.31. The largest absolute Gasteiger partial charge is 0.337 e. The van der Waals surface area contributed by atoms with Gasteiger partial charge >= 0.3 is 0 Å². The fraction of sp³-hybridized carbons (Fsp3) is 0.444. The molecule has 0 aliphatic carbocycles. The molecule has 1 aliphatic heterocycles. The highest BCUT2D eigenvalue weighted by Crippen LogP contribution is 2.21. The summed E-state index contributed by atoms with van der Waals surface area (Å²) in [7, 11) is 1.96. The van der Waals surface area contributed by atoms with E-state index in [1.54, 1.807) is 0 Å². The molecule has 1 amide bonds. The van der Waals surface area contributed by atoms with Crippen LogP contribution in [0.5, 0.6) is 0 Å². The number of pyridine rings is 1. The van der Waals surface area contributed by atoms with Crippen LogP contribution in [-0.4, -0.2) is 42.0 Å². The smallest absolute Gasteiger partial charge is 0.255 e. The minimum absolute atomic E-state index is 0.104. The first-order valence-electron chi connectivity index (χ1n) is 7.93. The number of piperidine rings is 1. The van der Waals surface area contributed by atoms with Gasteiger partial charge in [-0.1, -0.05) is 12.1 Å². The molecule has 3 rings (SSSR count). The van der Waals surface area contributed by atoms with Crippen molar-refractivity contribution in [3.05, 3.63) is 41.1 Å². The SMILES string of the molecule is CNC1CCCN(C(=O)c2cc3ccc(C)cc3nc2C)C1. The number of likely N-dealkylation sites (tertiary alicyclic amines) is 1. The average Bonchev–Trinajstić information content (AvgIpc) is 2.53. The third-order valence-electron chi connectivity index (χ3n) is 4.51. The predicted octanol–water partition coefficient (Wildman–Crippen LogP) is 2.68. The van der Waals surface area contributed by atoms with Gasteiger partial charge in [0.2, 0.25) is 0 Å². The highest BCUT2D eigenvalue weighted by molar-refractivity contribution is 5.98. The molecule has 1 aromatic carbocycles. The molecule has 2 aromatic rings. The molecule has 1 aromatic heterocycles. The monoisotopic (exact) mass is 297 g/mol. The van der Waals surface area contributed by atoms with E-state index < -0.39 is 0 Å². The molecular formula is C18H23N3O. The van der Waals surface area contributed by atoms with Gasteiger partial charge in [0.05, 0.1) is 16.8 Å². The maximum absolute atomic E-state index is 12.9. The summed E-state index contributed by atoms with van der Waals surface area (Å²) in [5.41, 5.74) is 3.69. The van der Waals surface area contributed by atoms with Crippen molar-refractivity contribution in [2.24, 2.45) is 0 Å². The van der Waals surface area contributed by atoms with Gasteiger partial charge in [-0.15, -0.1) is 0 Å². The number of amides is 1. The van der Waals surface area contributed by atoms with E-state index in [4.69, 9.17) is 0 Å². The Hall–Kier alpha value is -1.94. The second-order valence-electron chi connectivity index (χ2n) is 6.20. The number of nitrogens with one attached hydrogen (secondary N) is 1. The normalized spacial score (nSPS) is 18.7. The van der Waals surface area contributed by atoms with Gasteiger partial charge in [0.15, 0.2) is 0 Å². The van der Waals surface area contributed by atoms with Crippen LogP contribution in [-0.2, 0) is 0 Å². The number of hydrogen-bond acceptors (Lipinski definition) is 3. The Balaban J connectivity index is 1.93. The molecule has 1 fully saturated rings. The topological polar surface area (TPSA) is 45.2 Å². The number of aromatic nitrogens is 1. The molecule has 0 spiro atoms. The molecule has 116 valence electrons. The number of fused-ring (bicyclic) bond motifs is 1. The molecule has 1 unspecified atom stereocenters. The van der Waals surface area contributed by atoms with Crippen molar-refractivity contribution in [1.82, 2.24) is 15.2 Å². The van der Waals surface area contributed by atoms with Crippen molar-refractivity contribution in [1.29, 1.82) is 0 Å². The Morgan fingerprint density at radius 2 is 2.14 bits per heavy atom. The van der Waals surface area contributed by atoms with Crippen molar-refractivity contribution >= 4 is 16.8 Å². The van der Waals surface area contributed by atoms with Crippen molar-refractivity contribution in [2.45, 2.75) is 32.7 Å². The molecule has 22 heavy (non-hydrogen) atoms. The lowest BCUT2D eigenvalue weighted by Crippen LogP contribution is -2.47. The minimum atomic E-state index is 0.104. The Kier molecular flexibility index (Phi) is 4.12. The van der Waals surface area contributed by atoms with Crippen LogP contribution in [0.3, 0.4) is 0 Å². The van der Waals surface area contributed by atoms with Crippen LogP contribution in [0.1, 0.15) is 34.5 Å². The zero-order valence-corrected chi connectivity index (χ0v) is 13.5. The molecule has 4 heteroatoms. The second-order valence-corrected chi connectivity index (χ2v) is 6.20. The summed E-state index contributed by atoms with van der Waals surface area (Å²) in [6.07, 6.45) is 2.19. The van der Waals surface area contributed by atoms with E-state index in [1.165, 1.54) is 5.56 Å². The van der Waals surface area contributed by atoms with Crippen molar-refractivity contribution in [3.63, 3.8) is 0 Å². The van der Waals surface area contributed by atoms with Crippen LogP contribution in [0, 0.1) is 13.8 Å². The molecule has 1 aliphatic rings. The maximum atomic E-state index is 12.9. The molecular weight excluding hydrogens is 274 g/mol. The number of aryl methyl sites for hydroxylation is 2. The first kappa shape index (κ1) is 15.0. The third kappa shape index (κ3) is 2.83. The quantitative estimate of drug-likeness (QED) is 0.927. The fourth-order valence-corrected chi connectivity index (χ4v) is 3.16. The summed E-state index contributed by atoms with van der Waals surface area (Å²) < 4.78 is 0. The Bertz CT molecular complexity index is 711. The standard InChI is InChI=1S/C18H23N3O/c1-12-6-7-14-10-16(13(2)20-17(14)9-12)18(22)21-8-4-5-15(11-21)19-3/h6-7,9-10,15,19H,4-5,8,11H2,1-3H3. The summed E-state index contributed by atoms with van der Waals surface area (Å²) >= 11 is 0. The molecule has 0 radical (unpaired) electrons. The number of carbonyl (C=O) groups excluding carboxylic acids is 1. The van der Waals surface area contributed by atoms with Gasteiger partial charge in [0, 0.05) is 24.5 Å². The van der Waals surface area contributed by atoms with E-state index >= 15 is 0 Å². The Labute approximate surface area is 131 Å². The molecule has 4 nitrogen and oxygen atoms in total. The molecule has 0 saturated carbocycles. The maximum Gasteiger partial charge on any atom is 0.255 e. The highest BCUT2D eigenvalue weighted by atomic mass is 16.2. The van der Waals surface area contributed by atoms with Crippen LogP contribution in [0.4, 0.5) is 0 Å². The van der Waals surface area contributed by atoms with E-state index in [9.17, 15) is 4.79 Å². The average molecular weight is 297 g/mol. The fourth-order valence-electron chi connectivity index (χ4n) is 3.16. The number of carbonyl (C=O) groups is 1. The molecule has 2 heterocycles. The van der Waals surface area contributed by atoms with Crippen LogP contribution in [0.25, 0.3) is 10.9 Å².